The van der Waals surface area contributed by atoms with Crippen molar-refractivity contribution in [1.29, 1.82) is 0 Å². The van der Waals surface area contributed by atoms with Crippen LogP contribution in [0.4, 0.5) is 0 Å². The van der Waals surface area contributed by atoms with Crippen molar-refractivity contribution >= 4 is 5.97 Å². The summed E-state index contributed by atoms with van der Waals surface area (Å²) in [6.07, 6.45) is 4.26. The van der Waals surface area contributed by atoms with Crippen LogP contribution in [0.2, 0.25) is 0 Å². The molecule has 1 atom stereocenters. The van der Waals surface area contributed by atoms with Crippen molar-refractivity contribution in [2.75, 3.05) is 13.2 Å². The quantitative estimate of drug-likeness (QED) is 0.679. The third kappa shape index (κ3) is 3.48. The minimum atomic E-state index is -0.425. The molecule has 2 N–H and O–H groups in total. The molecule has 3 nitrogen and oxygen atoms in total. The Morgan fingerprint density at radius 1 is 1.50 bits per heavy atom. The Bertz CT molecular complexity index is 230. The van der Waals surface area contributed by atoms with E-state index in [2.05, 4.69) is 13.8 Å². The Morgan fingerprint density at radius 3 is 2.50 bits per heavy atom. The molecule has 0 bridgehead atoms. The molecule has 1 saturated carbocycles. The topological polar surface area (TPSA) is 52.3 Å². The zero-order valence-corrected chi connectivity index (χ0v) is 10.8. The molecule has 3 heteroatoms. The highest BCUT2D eigenvalue weighted by atomic mass is 16.5. The number of ether oxygens (including phenoxy) is 1. The molecule has 0 radical (unpaired) electrons. The molecule has 0 aromatic rings. The molecule has 0 heterocycles. The van der Waals surface area contributed by atoms with Gasteiger partial charge in [-0.15, -0.1) is 0 Å². The van der Waals surface area contributed by atoms with E-state index in [1.54, 1.807) is 0 Å². The summed E-state index contributed by atoms with van der Waals surface area (Å²) in [6, 6.07) is 0. The van der Waals surface area contributed by atoms with Gasteiger partial charge in [0, 0.05) is 6.54 Å². The van der Waals surface area contributed by atoms with Gasteiger partial charge in [0.1, 0.15) is 0 Å². The third-order valence-corrected chi connectivity index (χ3v) is 3.27. The second-order valence-corrected chi connectivity index (χ2v) is 5.45. The second kappa shape index (κ2) is 5.67. The van der Waals surface area contributed by atoms with Gasteiger partial charge in [-0.3, -0.25) is 4.79 Å². The minimum Gasteiger partial charge on any atom is -0.466 e. The monoisotopic (exact) mass is 227 g/mol. The maximum atomic E-state index is 12.1. The number of carbonyl (C=O) groups excluding carboxylic acids is 1. The van der Waals surface area contributed by atoms with Gasteiger partial charge in [-0.25, -0.2) is 0 Å². The largest absolute Gasteiger partial charge is 0.466 e. The van der Waals surface area contributed by atoms with Crippen LogP contribution in [0.15, 0.2) is 0 Å². The van der Waals surface area contributed by atoms with E-state index >= 15 is 0 Å². The van der Waals surface area contributed by atoms with Crippen LogP contribution in [0.1, 0.15) is 46.5 Å². The van der Waals surface area contributed by atoms with Gasteiger partial charge in [0.15, 0.2) is 0 Å². The van der Waals surface area contributed by atoms with Gasteiger partial charge in [-0.1, -0.05) is 26.7 Å². The summed E-state index contributed by atoms with van der Waals surface area (Å²) >= 11 is 0. The van der Waals surface area contributed by atoms with Crippen LogP contribution in [0.25, 0.3) is 0 Å². The normalized spacial score (nSPS) is 19.6. The Hall–Kier alpha value is -0.570. The average molecular weight is 227 g/mol. The molecule has 0 amide bonds. The Labute approximate surface area is 98.7 Å². The first kappa shape index (κ1) is 13.5. The van der Waals surface area contributed by atoms with Crippen molar-refractivity contribution in [2.24, 2.45) is 23.0 Å². The van der Waals surface area contributed by atoms with Gasteiger partial charge in [-0.05, 0) is 31.6 Å². The lowest BCUT2D eigenvalue weighted by molar-refractivity contribution is -0.156. The first-order valence-electron chi connectivity index (χ1n) is 6.41. The van der Waals surface area contributed by atoms with E-state index in [1.165, 1.54) is 12.8 Å². The van der Waals surface area contributed by atoms with Crippen LogP contribution >= 0.6 is 0 Å². The molecule has 1 unspecified atom stereocenters. The van der Waals surface area contributed by atoms with Crippen LogP contribution in [0, 0.1) is 17.3 Å². The Kier molecular flexibility index (Phi) is 4.78. The molecule has 0 aliphatic heterocycles. The van der Waals surface area contributed by atoms with Crippen LogP contribution in [-0.2, 0) is 9.53 Å². The van der Waals surface area contributed by atoms with Gasteiger partial charge in [0.2, 0.25) is 0 Å². The lowest BCUT2D eigenvalue weighted by Crippen LogP contribution is -2.41. The number of nitrogens with two attached hydrogens (primary N) is 1. The predicted molar refractivity (Wildman–Crippen MR) is 64.9 cm³/mol. The first-order valence-corrected chi connectivity index (χ1v) is 6.41. The van der Waals surface area contributed by atoms with E-state index in [0.717, 1.165) is 12.8 Å². The maximum Gasteiger partial charge on any atom is 0.313 e. The van der Waals surface area contributed by atoms with E-state index in [4.69, 9.17) is 10.5 Å². The fourth-order valence-electron chi connectivity index (χ4n) is 2.44. The number of esters is 1. The first-order chi connectivity index (χ1) is 7.54. The summed E-state index contributed by atoms with van der Waals surface area (Å²) in [5.74, 6) is 1.09. The van der Waals surface area contributed by atoms with E-state index in [0.29, 0.717) is 25.0 Å². The number of hydrogen-bond acceptors (Lipinski definition) is 3. The average Bonchev–Trinajstić information content (AvgIpc) is 3.00. The second-order valence-electron chi connectivity index (χ2n) is 5.45. The fourth-order valence-corrected chi connectivity index (χ4v) is 2.44. The summed E-state index contributed by atoms with van der Waals surface area (Å²) in [7, 11) is 0. The minimum absolute atomic E-state index is 0.0851. The fraction of sp³-hybridized carbons (Fsp3) is 0.923. The number of rotatable bonds is 7. The molecular weight excluding hydrogens is 202 g/mol. The molecule has 1 aliphatic rings. The number of carbonyl (C=O) groups is 1. The summed E-state index contributed by atoms with van der Waals surface area (Å²) in [5.41, 5.74) is 5.44. The van der Waals surface area contributed by atoms with Crippen molar-refractivity contribution in [3.05, 3.63) is 0 Å². The smallest absolute Gasteiger partial charge is 0.313 e. The summed E-state index contributed by atoms with van der Waals surface area (Å²) in [4.78, 5) is 12.1. The lowest BCUT2D eigenvalue weighted by atomic mass is 9.76. The summed E-state index contributed by atoms with van der Waals surface area (Å²) < 4.78 is 5.21. The number of hydrogen-bond donors (Lipinski definition) is 1. The van der Waals surface area contributed by atoms with Crippen LogP contribution < -0.4 is 5.73 Å². The standard InChI is InChI=1S/C13H25NO2/c1-4-16-12(15)13(9-14,7-10(2)3)8-11-5-6-11/h10-11H,4-9,14H2,1-3H3. The molecule has 1 rings (SSSR count). The molecule has 0 aromatic carbocycles. The molecule has 94 valence electrons. The molecule has 0 saturated heterocycles. The molecule has 0 aromatic heterocycles. The van der Waals surface area contributed by atoms with Gasteiger partial charge in [-0.2, -0.15) is 0 Å². The van der Waals surface area contributed by atoms with Crippen molar-refractivity contribution in [1.82, 2.24) is 0 Å². The van der Waals surface area contributed by atoms with E-state index in [1.807, 2.05) is 6.92 Å². The molecule has 0 spiro atoms. The van der Waals surface area contributed by atoms with E-state index in [9.17, 15) is 4.79 Å². The molecule has 16 heavy (non-hydrogen) atoms. The van der Waals surface area contributed by atoms with Crippen molar-refractivity contribution in [2.45, 2.75) is 46.5 Å². The molecule has 1 fully saturated rings. The van der Waals surface area contributed by atoms with Crippen molar-refractivity contribution in [3.63, 3.8) is 0 Å². The Morgan fingerprint density at radius 2 is 2.12 bits per heavy atom. The SMILES string of the molecule is CCOC(=O)C(CN)(CC(C)C)CC1CC1. The summed E-state index contributed by atoms with van der Waals surface area (Å²) in [5, 5.41) is 0. The lowest BCUT2D eigenvalue weighted by Gasteiger charge is -2.31. The Balaban J connectivity index is 2.72. The van der Waals surface area contributed by atoms with Crippen LogP contribution in [-0.4, -0.2) is 19.1 Å². The highest BCUT2D eigenvalue weighted by Crippen LogP contribution is 2.43. The summed E-state index contributed by atoms with van der Waals surface area (Å²) in [6.45, 7) is 6.99. The highest BCUT2D eigenvalue weighted by Gasteiger charge is 2.43. The molecule has 1 aliphatic carbocycles. The van der Waals surface area contributed by atoms with Crippen LogP contribution in [0.3, 0.4) is 0 Å². The van der Waals surface area contributed by atoms with Gasteiger partial charge in [0.25, 0.3) is 0 Å². The van der Waals surface area contributed by atoms with Crippen molar-refractivity contribution < 1.29 is 9.53 Å². The third-order valence-electron chi connectivity index (χ3n) is 3.27. The van der Waals surface area contributed by atoms with Crippen molar-refractivity contribution in [3.8, 4) is 0 Å². The zero-order chi connectivity index (χ0) is 12.2. The molecular formula is C13H25NO2. The highest BCUT2D eigenvalue weighted by molar-refractivity contribution is 5.77. The van der Waals surface area contributed by atoms with E-state index in [-0.39, 0.29) is 5.97 Å². The van der Waals surface area contributed by atoms with Gasteiger partial charge < -0.3 is 10.5 Å². The van der Waals surface area contributed by atoms with Gasteiger partial charge >= 0.3 is 5.97 Å². The van der Waals surface area contributed by atoms with Crippen LogP contribution in [0.5, 0.6) is 0 Å². The zero-order valence-electron chi connectivity index (χ0n) is 10.8. The predicted octanol–water partition coefficient (Wildman–Crippen LogP) is 2.34. The van der Waals surface area contributed by atoms with E-state index < -0.39 is 5.41 Å². The maximum absolute atomic E-state index is 12.1. The van der Waals surface area contributed by atoms with Gasteiger partial charge in [0.05, 0.1) is 12.0 Å².